The number of unbranched alkanes of at least 4 members (excludes halogenated alkanes) is 24. The van der Waals surface area contributed by atoms with Crippen LogP contribution in [0.3, 0.4) is 0 Å². The van der Waals surface area contributed by atoms with Gasteiger partial charge < -0.3 is 14.2 Å². The van der Waals surface area contributed by atoms with E-state index in [-0.39, 0.29) is 31.1 Å². The highest BCUT2D eigenvalue weighted by Crippen LogP contribution is 2.16. The Hall–Kier alpha value is -1.59. The van der Waals surface area contributed by atoms with E-state index in [0.717, 1.165) is 69.6 Å². The largest absolute Gasteiger partial charge is 0.462 e. The van der Waals surface area contributed by atoms with Crippen molar-refractivity contribution < 1.29 is 28.6 Å². The van der Waals surface area contributed by atoms with Gasteiger partial charge in [-0.25, -0.2) is 0 Å². The molecule has 302 valence electrons. The lowest BCUT2D eigenvalue weighted by Gasteiger charge is -2.18. The summed E-state index contributed by atoms with van der Waals surface area (Å²) in [5.41, 5.74) is 0. The maximum absolute atomic E-state index is 12.6. The molecule has 0 amide bonds. The first kappa shape index (κ1) is 49.4. The third-order valence-electron chi connectivity index (χ3n) is 9.97. The third-order valence-corrected chi connectivity index (χ3v) is 9.97. The van der Waals surface area contributed by atoms with Crippen molar-refractivity contribution in [2.45, 2.75) is 246 Å². The zero-order chi connectivity index (χ0) is 37.6. The number of rotatable bonds is 39. The summed E-state index contributed by atoms with van der Waals surface area (Å²) < 4.78 is 16.7. The Morgan fingerprint density at radius 1 is 0.373 bits per heavy atom. The molecule has 0 aliphatic rings. The Labute approximate surface area is 317 Å². The molecule has 0 aromatic heterocycles. The Kier molecular flexibility index (Phi) is 37.0. The van der Waals surface area contributed by atoms with E-state index < -0.39 is 6.10 Å². The molecule has 0 saturated carbocycles. The number of hydrogen-bond donors (Lipinski definition) is 0. The van der Waals surface area contributed by atoms with Crippen LogP contribution in [0.15, 0.2) is 0 Å². The molecule has 0 bridgehead atoms. The summed E-state index contributed by atoms with van der Waals surface area (Å²) in [5, 5.41) is 0. The van der Waals surface area contributed by atoms with Gasteiger partial charge in [0.15, 0.2) is 6.10 Å². The molecule has 6 heteroatoms. The lowest BCUT2D eigenvalue weighted by atomic mass is 10.0. The van der Waals surface area contributed by atoms with Crippen molar-refractivity contribution >= 4 is 17.9 Å². The summed E-state index contributed by atoms with van der Waals surface area (Å²) in [6.45, 7) is 11.2. The van der Waals surface area contributed by atoms with Crippen molar-refractivity contribution in [2.24, 2.45) is 11.8 Å². The first-order valence-corrected chi connectivity index (χ1v) is 22.2. The first-order valence-electron chi connectivity index (χ1n) is 22.2. The van der Waals surface area contributed by atoms with Gasteiger partial charge in [0.05, 0.1) is 0 Å². The fourth-order valence-corrected chi connectivity index (χ4v) is 6.58. The molecule has 0 aliphatic carbocycles. The maximum atomic E-state index is 12.6. The van der Waals surface area contributed by atoms with Crippen LogP contribution in [0.1, 0.15) is 240 Å². The summed E-state index contributed by atoms with van der Waals surface area (Å²) >= 11 is 0. The van der Waals surface area contributed by atoms with Crippen LogP contribution in [0.25, 0.3) is 0 Å². The van der Waals surface area contributed by atoms with Crippen molar-refractivity contribution in [3.05, 3.63) is 0 Å². The van der Waals surface area contributed by atoms with Crippen molar-refractivity contribution in [3.63, 3.8) is 0 Å². The molecule has 0 N–H and O–H groups in total. The predicted octanol–water partition coefficient (Wildman–Crippen LogP) is 13.8. The minimum Gasteiger partial charge on any atom is -0.462 e. The highest BCUT2D eigenvalue weighted by atomic mass is 16.6. The molecule has 0 saturated heterocycles. The summed E-state index contributed by atoms with van der Waals surface area (Å²) in [5.74, 6) is 0.732. The Bertz CT molecular complexity index is 779. The first-order chi connectivity index (χ1) is 24.7. The molecule has 6 nitrogen and oxygen atoms in total. The maximum Gasteiger partial charge on any atom is 0.306 e. The van der Waals surface area contributed by atoms with E-state index >= 15 is 0 Å². The van der Waals surface area contributed by atoms with Crippen LogP contribution in [-0.2, 0) is 28.6 Å². The van der Waals surface area contributed by atoms with E-state index in [1.165, 1.54) is 128 Å². The normalized spacial score (nSPS) is 12.1. The van der Waals surface area contributed by atoms with E-state index in [9.17, 15) is 14.4 Å². The lowest BCUT2D eigenvalue weighted by Crippen LogP contribution is -2.30. The summed E-state index contributed by atoms with van der Waals surface area (Å²) in [7, 11) is 0. The fraction of sp³-hybridized carbons (Fsp3) is 0.933. The van der Waals surface area contributed by atoms with E-state index in [1.54, 1.807) is 0 Å². The molecule has 0 fully saturated rings. The molecular formula is C45H86O6. The number of carbonyl (C=O) groups excluding carboxylic acids is 3. The smallest absolute Gasteiger partial charge is 0.306 e. The minimum absolute atomic E-state index is 0.0658. The van der Waals surface area contributed by atoms with Crippen LogP contribution in [0.2, 0.25) is 0 Å². The minimum atomic E-state index is -0.759. The van der Waals surface area contributed by atoms with Crippen molar-refractivity contribution in [2.75, 3.05) is 13.2 Å². The predicted molar refractivity (Wildman–Crippen MR) is 215 cm³/mol. The topological polar surface area (TPSA) is 78.9 Å². The van der Waals surface area contributed by atoms with Crippen molar-refractivity contribution in [1.82, 2.24) is 0 Å². The second kappa shape index (κ2) is 38.1. The lowest BCUT2D eigenvalue weighted by molar-refractivity contribution is -0.167. The third kappa shape index (κ3) is 39.5. The summed E-state index contributed by atoms with van der Waals surface area (Å²) in [4.78, 5) is 37.6. The van der Waals surface area contributed by atoms with Crippen molar-refractivity contribution in [3.8, 4) is 0 Å². The van der Waals surface area contributed by atoms with Gasteiger partial charge in [0, 0.05) is 19.3 Å². The SMILES string of the molecule is CCCCCCCCCCCC(=O)O[C@H](COC(=O)CCCCCCCCCCCCCCC(C)C)COC(=O)CCCCCCCCC(C)C. The van der Waals surface area contributed by atoms with Gasteiger partial charge in [0.2, 0.25) is 0 Å². The van der Waals surface area contributed by atoms with Gasteiger partial charge in [-0.05, 0) is 31.1 Å². The van der Waals surface area contributed by atoms with Gasteiger partial charge in [-0.3, -0.25) is 14.4 Å². The molecule has 0 radical (unpaired) electrons. The van der Waals surface area contributed by atoms with Gasteiger partial charge in [0.1, 0.15) is 13.2 Å². The molecule has 0 heterocycles. The molecule has 0 aromatic rings. The molecule has 0 spiro atoms. The van der Waals surface area contributed by atoms with Crippen LogP contribution in [0.5, 0.6) is 0 Å². The second-order valence-corrected chi connectivity index (χ2v) is 16.3. The van der Waals surface area contributed by atoms with E-state index in [2.05, 4.69) is 34.6 Å². The molecule has 51 heavy (non-hydrogen) atoms. The number of carbonyl (C=O) groups is 3. The second-order valence-electron chi connectivity index (χ2n) is 16.3. The van der Waals surface area contributed by atoms with Crippen molar-refractivity contribution in [1.29, 1.82) is 0 Å². The van der Waals surface area contributed by atoms with Crippen LogP contribution < -0.4 is 0 Å². The van der Waals surface area contributed by atoms with Gasteiger partial charge in [-0.2, -0.15) is 0 Å². The van der Waals surface area contributed by atoms with Crippen LogP contribution in [-0.4, -0.2) is 37.2 Å². The number of hydrogen-bond acceptors (Lipinski definition) is 6. The van der Waals surface area contributed by atoms with Gasteiger partial charge in [-0.1, -0.05) is 202 Å². The molecule has 0 aromatic carbocycles. The Morgan fingerprint density at radius 2 is 0.647 bits per heavy atom. The quantitative estimate of drug-likeness (QED) is 0.0357. The zero-order valence-electron chi connectivity index (χ0n) is 34.7. The fourth-order valence-electron chi connectivity index (χ4n) is 6.58. The molecule has 0 aliphatic heterocycles. The monoisotopic (exact) mass is 723 g/mol. The van der Waals surface area contributed by atoms with Crippen LogP contribution >= 0.6 is 0 Å². The number of esters is 3. The van der Waals surface area contributed by atoms with Gasteiger partial charge >= 0.3 is 17.9 Å². The van der Waals surface area contributed by atoms with Crippen LogP contribution in [0.4, 0.5) is 0 Å². The van der Waals surface area contributed by atoms with E-state index in [4.69, 9.17) is 14.2 Å². The van der Waals surface area contributed by atoms with E-state index in [0.29, 0.717) is 19.3 Å². The molecule has 1 atom stereocenters. The summed E-state index contributed by atoms with van der Waals surface area (Å²) in [6.07, 6.45) is 35.3. The standard InChI is InChI=1S/C45H86O6/c1-6-7-8-9-10-15-20-27-32-37-45(48)51-42(39-50-44(47)36-31-26-22-21-24-29-34-41(4)5)38-49-43(46)35-30-25-19-17-14-12-11-13-16-18-23-28-33-40(2)3/h40-42H,6-39H2,1-5H3/t42-/m1/s1. The molecule has 0 rings (SSSR count). The Balaban J connectivity index is 4.27. The average Bonchev–Trinajstić information content (AvgIpc) is 3.09. The van der Waals surface area contributed by atoms with Crippen LogP contribution in [0, 0.1) is 11.8 Å². The molecule has 0 unspecified atom stereocenters. The number of ether oxygens (including phenoxy) is 3. The van der Waals surface area contributed by atoms with Gasteiger partial charge in [-0.15, -0.1) is 0 Å². The zero-order valence-corrected chi connectivity index (χ0v) is 34.7. The average molecular weight is 723 g/mol. The highest BCUT2D eigenvalue weighted by molar-refractivity contribution is 5.71. The van der Waals surface area contributed by atoms with E-state index in [1.807, 2.05) is 0 Å². The highest BCUT2D eigenvalue weighted by Gasteiger charge is 2.19. The molecular weight excluding hydrogens is 636 g/mol. The van der Waals surface area contributed by atoms with Gasteiger partial charge in [0.25, 0.3) is 0 Å². The summed E-state index contributed by atoms with van der Waals surface area (Å²) in [6, 6.07) is 0. The Morgan fingerprint density at radius 3 is 0.961 bits per heavy atom.